The molecule has 24 heavy (non-hydrogen) atoms. The number of aryl methyl sites for hydroxylation is 1. The maximum atomic E-state index is 13.0. The highest BCUT2D eigenvalue weighted by atomic mass is 32.2. The Kier molecular flexibility index (Phi) is 8.39. The van der Waals surface area contributed by atoms with Crippen molar-refractivity contribution in [2.24, 2.45) is 0 Å². The number of rotatable bonds is 11. The molecule has 0 aliphatic rings. The molecule has 0 saturated heterocycles. The summed E-state index contributed by atoms with van der Waals surface area (Å²) < 4.78 is 33.1. The van der Waals surface area contributed by atoms with E-state index in [1.807, 2.05) is 6.92 Å². The minimum atomic E-state index is -3.69. The Hall–Kier alpha value is -1.43. The molecule has 134 valence electrons. The second kappa shape index (κ2) is 9.77. The van der Waals surface area contributed by atoms with Crippen molar-refractivity contribution in [3.05, 3.63) is 54.6 Å². The summed E-state index contributed by atoms with van der Waals surface area (Å²) in [5, 5.41) is 0. The summed E-state index contributed by atoms with van der Waals surface area (Å²) in [5.74, 6) is 0. The van der Waals surface area contributed by atoms with E-state index < -0.39 is 16.3 Å². The predicted octanol–water partition coefficient (Wildman–Crippen LogP) is 4.28. The molecule has 0 unspecified atom stereocenters. The van der Waals surface area contributed by atoms with Gasteiger partial charge in [-0.3, -0.25) is 0 Å². The molecule has 0 aromatic heterocycles. The Labute approximate surface area is 146 Å². The van der Waals surface area contributed by atoms with E-state index in [1.54, 1.807) is 31.2 Å². The summed E-state index contributed by atoms with van der Waals surface area (Å²) >= 11 is 0. The molecule has 1 aromatic rings. The second-order valence-electron chi connectivity index (χ2n) is 6.02. The number of ether oxygens (including phenoxy) is 1. The Morgan fingerprint density at radius 3 is 2.42 bits per heavy atom. The van der Waals surface area contributed by atoms with Gasteiger partial charge in [-0.15, -0.1) is 0 Å². The molecule has 0 radical (unpaired) electrons. The average molecular weight is 352 g/mol. The third kappa shape index (κ3) is 5.89. The van der Waals surface area contributed by atoms with Crippen molar-refractivity contribution in [3.63, 3.8) is 0 Å². The van der Waals surface area contributed by atoms with Gasteiger partial charge in [0.15, 0.2) is 0 Å². The molecule has 1 aromatic carbocycles. The summed E-state index contributed by atoms with van der Waals surface area (Å²) in [7, 11) is -3.69. The number of unbranched alkanes of at least 4 members (excludes halogenated alkanes) is 2. The minimum absolute atomic E-state index is 0.195. The molecule has 0 N–H and O–H groups in total. The first-order valence-corrected chi connectivity index (χ1v) is 9.74. The van der Waals surface area contributed by atoms with Gasteiger partial charge in [-0.2, -0.15) is 4.31 Å². The van der Waals surface area contributed by atoms with Crippen LogP contribution in [-0.2, 0) is 14.8 Å². The molecule has 0 heterocycles. The van der Waals surface area contributed by atoms with Gasteiger partial charge in [-0.25, -0.2) is 8.42 Å². The van der Waals surface area contributed by atoms with Crippen LogP contribution in [0, 0.1) is 6.92 Å². The van der Waals surface area contributed by atoms with Crippen molar-refractivity contribution >= 4 is 10.0 Å². The third-order valence-corrected chi connectivity index (χ3v) is 5.40. The zero-order chi connectivity index (χ0) is 18.2. The van der Waals surface area contributed by atoms with Crippen LogP contribution in [0.25, 0.3) is 0 Å². The minimum Gasteiger partial charge on any atom is -0.358 e. The van der Waals surface area contributed by atoms with E-state index in [2.05, 4.69) is 20.1 Å². The summed E-state index contributed by atoms with van der Waals surface area (Å²) in [5.41, 5.74) is 1.76. The SMILES string of the molecule is C=C[C@H](OCCCCC)N(CC(=C)C)S(=O)(=O)c1ccc(C)cc1. The van der Waals surface area contributed by atoms with Crippen LogP contribution in [-0.4, -0.2) is 32.1 Å². The Morgan fingerprint density at radius 2 is 1.92 bits per heavy atom. The molecule has 0 saturated carbocycles. The smallest absolute Gasteiger partial charge is 0.245 e. The normalized spacial score (nSPS) is 13.0. The molecule has 0 bridgehead atoms. The lowest BCUT2D eigenvalue weighted by Crippen LogP contribution is -2.41. The number of hydrogen-bond donors (Lipinski definition) is 0. The van der Waals surface area contributed by atoms with Crippen LogP contribution in [0.5, 0.6) is 0 Å². The van der Waals surface area contributed by atoms with Crippen LogP contribution in [0.15, 0.2) is 54.0 Å². The first kappa shape index (κ1) is 20.6. The van der Waals surface area contributed by atoms with E-state index in [0.29, 0.717) is 6.61 Å². The monoisotopic (exact) mass is 351 g/mol. The number of hydrogen-bond acceptors (Lipinski definition) is 3. The lowest BCUT2D eigenvalue weighted by atomic mass is 10.2. The number of sulfonamides is 1. The summed E-state index contributed by atoms with van der Waals surface area (Å²) in [4.78, 5) is 0.248. The summed E-state index contributed by atoms with van der Waals surface area (Å²) in [6.45, 7) is 14.1. The van der Waals surface area contributed by atoms with E-state index in [1.165, 1.54) is 10.4 Å². The zero-order valence-electron chi connectivity index (χ0n) is 15.0. The van der Waals surface area contributed by atoms with Crippen molar-refractivity contribution in [1.82, 2.24) is 4.31 Å². The van der Waals surface area contributed by atoms with Crippen molar-refractivity contribution in [1.29, 1.82) is 0 Å². The highest BCUT2D eigenvalue weighted by Crippen LogP contribution is 2.21. The van der Waals surface area contributed by atoms with Crippen LogP contribution >= 0.6 is 0 Å². The molecule has 0 aliphatic carbocycles. The maximum Gasteiger partial charge on any atom is 0.245 e. The van der Waals surface area contributed by atoms with Gasteiger partial charge in [0.1, 0.15) is 6.23 Å². The van der Waals surface area contributed by atoms with Gasteiger partial charge >= 0.3 is 0 Å². The van der Waals surface area contributed by atoms with Crippen LogP contribution in [0.3, 0.4) is 0 Å². The van der Waals surface area contributed by atoms with Crippen molar-refractivity contribution in [3.8, 4) is 0 Å². The Morgan fingerprint density at radius 1 is 1.29 bits per heavy atom. The van der Waals surface area contributed by atoms with E-state index in [0.717, 1.165) is 30.4 Å². The van der Waals surface area contributed by atoms with E-state index in [4.69, 9.17) is 4.74 Å². The molecule has 4 nitrogen and oxygen atoms in total. The highest BCUT2D eigenvalue weighted by molar-refractivity contribution is 7.89. The lowest BCUT2D eigenvalue weighted by Gasteiger charge is -2.29. The molecular weight excluding hydrogens is 322 g/mol. The molecular formula is C19H29NO3S. The molecule has 0 amide bonds. The van der Waals surface area contributed by atoms with Crippen LogP contribution in [0.2, 0.25) is 0 Å². The van der Waals surface area contributed by atoms with Gasteiger partial charge in [0, 0.05) is 13.2 Å². The molecule has 5 heteroatoms. The van der Waals surface area contributed by atoms with Crippen molar-refractivity contribution in [2.75, 3.05) is 13.2 Å². The Bertz CT molecular complexity index is 635. The lowest BCUT2D eigenvalue weighted by molar-refractivity contribution is 0.0156. The van der Waals surface area contributed by atoms with Crippen LogP contribution < -0.4 is 0 Å². The summed E-state index contributed by atoms with van der Waals surface area (Å²) in [6.07, 6.45) is 3.85. The van der Waals surface area contributed by atoms with E-state index >= 15 is 0 Å². The van der Waals surface area contributed by atoms with Gasteiger partial charge in [0.05, 0.1) is 4.90 Å². The largest absolute Gasteiger partial charge is 0.358 e. The van der Waals surface area contributed by atoms with Crippen LogP contribution in [0.1, 0.15) is 38.7 Å². The predicted molar refractivity (Wildman–Crippen MR) is 99.3 cm³/mol. The van der Waals surface area contributed by atoms with Gasteiger partial charge in [0.2, 0.25) is 10.0 Å². The van der Waals surface area contributed by atoms with Gasteiger partial charge in [0.25, 0.3) is 0 Å². The van der Waals surface area contributed by atoms with Crippen LogP contribution in [0.4, 0.5) is 0 Å². The zero-order valence-corrected chi connectivity index (χ0v) is 15.8. The Balaban J connectivity index is 3.06. The maximum absolute atomic E-state index is 13.0. The molecule has 0 fully saturated rings. The van der Waals surface area contributed by atoms with Crippen molar-refractivity contribution in [2.45, 2.75) is 51.2 Å². The molecule has 0 spiro atoms. The standard InChI is InChI=1S/C19H29NO3S/c1-6-8-9-14-23-19(7-2)20(15-16(3)4)24(21,22)18-12-10-17(5)11-13-18/h7,10-13,19H,2-3,6,8-9,14-15H2,1,4-5H3/t19-/m0/s1. The third-order valence-electron chi connectivity index (χ3n) is 3.58. The molecule has 0 aliphatic heterocycles. The first-order chi connectivity index (χ1) is 11.3. The van der Waals surface area contributed by atoms with Gasteiger partial charge in [-0.05, 0) is 38.5 Å². The van der Waals surface area contributed by atoms with E-state index in [9.17, 15) is 8.42 Å². The van der Waals surface area contributed by atoms with Crippen molar-refractivity contribution < 1.29 is 13.2 Å². The molecule has 1 rings (SSSR count). The fraction of sp³-hybridized carbons (Fsp3) is 0.474. The fourth-order valence-electron chi connectivity index (χ4n) is 2.25. The first-order valence-electron chi connectivity index (χ1n) is 8.30. The summed E-state index contributed by atoms with van der Waals surface area (Å²) in [6, 6.07) is 6.81. The topological polar surface area (TPSA) is 46.6 Å². The number of benzene rings is 1. The molecule has 1 atom stereocenters. The quantitative estimate of drug-likeness (QED) is 0.340. The fourth-order valence-corrected chi connectivity index (χ4v) is 3.81. The van der Waals surface area contributed by atoms with Gasteiger partial charge < -0.3 is 4.74 Å². The van der Waals surface area contributed by atoms with E-state index in [-0.39, 0.29) is 11.4 Å². The van der Waals surface area contributed by atoms with Gasteiger partial charge in [-0.1, -0.05) is 56.2 Å². The second-order valence-corrected chi connectivity index (χ2v) is 7.92. The highest BCUT2D eigenvalue weighted by Gasteiger charge is 2.30. The average Bonchev–Trinajstić information content (AvgIpc) is 2.53. The number of nitrogens with zero attached hydrogens (tertiary/aromatic N) is 1.